The van der Waals surface area contributed by atoms with Crippen molar-refractivity contribution in [1.82, 2.24) is 30.3 Å². The molecule has 40 heavy (non-hydrogen) atoms. The van der Waals surface area contributed by atoms with Gasteiger partial charge in [0.1, 0.15) is 5.75 Å². The van der Waals surface area contributed by atoms with Gasteiger partial charge in [-0.2, -0.15) is 4.98 Å². The first-order valence-corrected chi connectivity index (χ1v) is 14.3. The maximum atomic E-state index is 13.0. The lowest BCUT2D eigenvalue weighted by molar-refractivity contribution is 0.0674. The molecule has 13 heteroatoms. The van der Waals surface area contributed by atoms with E-state index >= 15 is 0 Å². The number of pyridine rings is 2. The first-order valence-electron chi connectivity index (χ1n) is 12.7. The zero-order valence-electron chi connectivity index (χ0n) is 22.0. The number of hydrogen-bond donors (Lipinski definition) is 2. The molecule has 0 radical (unpaired) electrons. The van der Waals surface area contributed by atoms with Crippen LogP contribution < -0.4 is 15.8 Å². The number of ether oxygens (including phenoxy) is 1. The molecule has 0 spiro atoms. The van der Waals surface area contributed by atoms with Gasteiger partial charge < -0.3 is 25.2 Å². The van der Waals surface area contributed by atoms with E-state index < -0.39 is 15.6 Å². The van der Waals surface area contributed by atoms with Crippen LogP contribution in [0.4, 0.5) is 5.82 Å². The fourth-order valence-corrected chi connectivity index (χ4v) is 5.64. The van der Waals surface area contributed by atoms with Gasteiger partial charge in [0.25, 0.3) is 11.8 Å². The standard InChI is InChI=1S/C27H29N7O5S/c1-17-13-34(14-18(2)31-17)27(35)20-8-6-19(7-9-20)21-11-22(26(28)30-12-21)38-15-24-32-23(33-39-24)16-40(36,37)25-5-3-4-10-29-25/h3-12,17-18,31H,13-16H2,1-2H3,(H2,28,30). The van der Waals surface area contributed by atoms with Crippen molar-refractivity contribution < 1.29 is 22.5 Å². The molecule has 4 heterocycles. The second kappa shape index (κ2) is 11.4. The zero-order chi connectivity index (χ0) is 28.3. The van der Waals surface area contributed by atoms with Crippen LogP contribution in [0.25, 0.3) is 11.1 Å². The molecule has 1 saturated heterocycles. The lowest BCUT2D eigenvalue weighted by atomic mass is 10.0. The molecule has 2 atom stereocenters. The number of benzene rings is 1. The summed E-state index contributed by atoms with van der Waals surface area (Å²) < 4.78 is 35.9. The Balaban J connectivity index is 1.23. The summed E-state index contributed by atoms with van der Waals surface area (Å²) >= 11 is 0. The van der Waals surface area contributed by atoms with E-state index in [4.69, 9.17) is 15.0 Å². The highest BCUT2D eigenvalue weighted by atomic mass is 32.2. The highest BCUT2D eigenvalue weighted by molar-refractivity contribution is 7.90. The third-order valence-electron chi connectivity index (χ3n) is 6.33. The van der Waals surface area contributed by atoms with Crippen LogP contribution in [0.2, 0.25) is 0 Å². The van der Waals surface area contributed by atoms with Crippen molar-refractivity contribution in [1.29, 1.82) is 0 Å². The first kappa shape index (κ1) is 27.2. The minimum Gasteiger partial charge on any atom is -0.480 e. The molecular formula is C27H29N7O5S. The zero-order valence-corrected chi connectivity index (χ0v) is 22.8. The van der Waals surface area contributed by atoms with Gasteiger partial charge in [-0.25, -0.2) is 18.4 Å². The quantitative estimate of drug-likeness (QED) is 0.323. The van der Waals surface area contributed by atoms with Gasteiger partial charge in [0.2, 0.25) is 9.84 Å². The average Bonchev–Trinajstić information content (AvgIpc) is 3.38. The number of rotatable bonds is 8. The van der Waals surface area contributed by atoms with Crippen molar-refractivity contribution in [2.45, 2.75) is 43.3 Å². The predicted molar refractivity (Wildman–Crippen MR) is 146 cm³/mol. The molecule has 3 N–H and O–H groups in total. The molecule has 0 saturated carbocycles. The summed E-state index contributed by atoms with van der Waals surface area (Å²) in [7, 11) is -3.72. The molecule has 1 aliphatic rings. The minimum absolute atomic E-state index is 0.00189. The van der Waals surface area contributed by atoms with Gasteiger partial charge in [0.05, 0.1) is 0 Å². The lowest BCUT2D eigenvalue weighted by Crippen LogP contribution is -2.55. The second-order valence-electron chi connectivity index (χ2n) is 9.68. The smallest absolute Gasteiger partial charge is 0.264 e. The number of carbonyl (C=O) groups is 1. The Bertz CT molecular complexity index is 1580. The molecule has 12 nitrogen and oxygen atoms in total. The third-order valence-corrected chi connectivity index (χ3v) is 7.85. The van der Waals surface area contributed by atoms with Crippen LogP contribution >= 0.6 is 0 Å². The Morgan fingerprint density at radius 2 is 1.85 bits per heavy atom. The number of nitrogen functional groups attached to an aromatic ring is 1. The Morgan fingerprint density at radius 3 is 2.55 bits per heavy atom. The summed E-state index contributed by atoms with van der Waals surface area (Å²) in [5.41, 5.74) is 8.19. The van der Waals surface area contributed by atoms with E-state index in [1.54, 1.807) is 36.5 Å². The average molecular weight is 564 g/mol. The van der Waals surface area contributed by atoms with Crippen LogP contribution in [0, 0.1) is 0 Å². The number of hydrogen-bond acceptors (Lipinski definition) is 11. The Kier molecular flexibility index (Phi) is 7.76. The minimum atomic E-state index is -3.72. The number of nitrogens with zero attached hydrogens (tertiary/aromatic N) is 5. The molecule has 0 bridgehead atoms. The highest BCUT2D eigenvalue weighted by Crippen LogP contribution is 2.28. The van der Waals surface area contributed by atoms with Gasteiger partial charge in [-0.15, -0.1) is 0 Å². The summed E-state index contributed by atoms with van der Waals surface area (Å²) in [5, 5.41) is 7.10. The van der Waals surface area contributed by atoms with Crippen LogP contribution in [0.1, 0.15) is 35.9 Å². The van der Waals surface area contributed by atoms with Gasteiger partial charge in [-0.3, -0.25) is 4.79 Å². The van der Waals surface area contributed by atoms with Crippen molar-refractivity contribution in [3.63, 3.8) is 0 Å². The van der Waals surface area contributed by atoms with E-state index in [0.717, 1.165) is 11.1 Å². The van der Waals surface area contributed by atoms with Crippen LogP contribution in [0.3, 0.4) is 0 Å². The summed E-state index contributed by atoms with van der Waals surface area (Å²) in [6.07, 6.45) is 3.02. The van der Waals surface area contributed by atoms with Crippen LogP contribution in [-0.4, -0.2) is 64.5 Å². The molecule has 3 aromatic heterocycles. The molecule has 1 fully saturated rings. The summed E-state index contributed by atoms with van der Waals surface area (Å²) in [6.45, 7) is 5.32. The van der Waals surface area contributed by atoms with E-state index in [0.29, 0.717) is 24.4 Å². The number of aromatic nitrogens is 4. The second-order valence-corrected chi connectivity index (χ2v) is 11.6. The van der Waals surface area contributed by atoms with E-state index in [2.05, 4.69) is 39.3 Å². The topological polar surface area (TPSA) is 166 Å². The van der Waals surface area contributed by atoms with Crippen LogP contribution in [-0.2, 0) is 22.2 Å². The van der Waals surface area contributed by atoms with Gasteiger partial charge in [0, 0.05) is 48.7 Å². The van der Waals surface area contributed by atoms with Gasteiger partial charge >= 0.3 is 0 Å². The number of piperazine rings is 1. The molecule has 5 rings (SSSR count). The van der Waals surface area contributed by atoms with E-state index in [1.165, 1.54) is 12.3 Å². The largest absolute Gasteiger partial charge is 0.480 e. The van der Waals surface area contributed by atoms with Crippen molar-refractivity contribution in [3.05, 3.63) is 78.2 Å². The predicted octanol–water partition coefficient (Wildman–Crippen LogP) is 2.48. The summed E-state index contributed by atoms with van der Waals surface area (Å²) in [6, 6.07) is 14.1. The molecule has 1 aromatic carbocycles. The molecule has 1 aliphatic heterocycles. The van der Waals surface area contributed by atoms with Crippen molar-refractivity contribution >= 4 is 21.6 Å². The number of amides is 1. The number of nitrogens with one attached hydrogen (secondary N) is 1. The van der Waals surface area contributed by atoms with Crippen molar-refractivity contribution in [2.24, 2.45) is 0 Å². The summed E-state index contributed by atoms with van der Waals surface area (Å²) in [5.74, 6) is 0.0619. The number of anilines is 1. The first-order chi connectivity index (χ1) is 19.2. The fourth-order valence-electron chi connectivity index (χ4n) is 4.53. The number of nitrogens with two attached hydrogens (primary N) is 1. The van der Waals surface area contributed by atoms with Gasteiger partial charge in [0.15, 0.2) is 29.0 Å². The van der Waals surface area contributed by atoms with Crippen molar-refractivity contribution in [3.8, 4) is 16.9 Å². The van der Waals surface area contributed by atoms with E-state index in [-0.39, 0.29) is 47.2 Å². The molecular weight excluding hydrogens is 534 g/mol. The molecule has 2 unspecified atom stereocenters. The fraction of sp³-hybridized carbons (Fsp3) is 0.296. The third kappa shape index (κ3) is 6.26. The van der Waals surface area contributed by atoms with Gasteiger partial charge in [-0.05, 0) is 49.7 Å². The molecule has 208 valence electrons. The maximum absolute atomic E-state index is 13.0. The van der Waals surface area contributed by atoms with E-state index in [9.17, 15) is 13.2 Å². The molecule has 0 aliphatic carbocycles. The van der Waals surface area contributed by atoms with E-state index in [1.807, 2.05) is 17.0 Å². The van der Waals surface area contributed by atoms with Crippen molar-refractivity contribution in [2.75, 3.05) is 18.8 Å². The Labute approximate surface area is 231 Å². The SMILES string of the molecule is CC1CN(C(=O)c2ccc(-c3cnc(N)c(OCc4nc(CS(=O)(=O)c5ccccn5)no4)c3)cc2)CC(C)N1. The number of sulfone groups is 1. The van der Waals surface area contributed by atoms with Crippen LogP contribution in [0.5, 0.6) is 5.75 Å². The molecule has 4 aromatic rings. The summed E-state index contributed by atoms with van der Waals surface area (Å²) in [4.78, 5) is 27.1. The number of carbonyl (C=O) groups excluding carboxylic acids is 1. The Morgan fingerprint density at radius 1 is 1.10 bits per heavy atom. The monoisotopic (exact) mass is 563 g/mol. The highest BCUT2D eigenvalue weighted by Gasteiger charge is 2.25. The normalized spacial score (nSPS) is 17.5. The molecule has 1 amide bonds. The van der Waals surface area contributed by atoms with Crippen LogP contribution in [0.15, 0.2) is 70.5 Å². The lowest BCUT2D eigenvalue weighted by Gasteiger charge is -2.36. The Hall–Kier alpha value is -4.36. The maximum Gasteiger partial charge on any atom is 0.264 e. The van der Waals surface area contributed by atoms with Gasteiger partial charge in [-0.1, -0.05) is 23.4 Å².